The molecule has 41 heavy (non-hydrogen) atoms. The van der Waals surface area contributed by atoms with Gasteiger partial charge in [0.15, 0.2) is 0 Å². The molecule has 2 aromatic rings. The molecule has 3 aliphatic rings. The van der Waals surface area contributed by atoms with Gasteiger partial charge in [-0.25, -0.2) is 9.69 Å². The molecule has 0 N–H and O–H groups in total. The van der Waals surface area contributed by atoms with Gasteiger partial charge in [-0.2, -0.15) is 0 Å². The first-order valence-electron chi connectivity index (χ1n) is 13.3. The fourth-order valence-electron chi connectivity index (χ4n) is 4.11. The van der Waals surface area contributed by atoms with Crippen LogP contribution < -0.4 is 4.90 Å². The molecular formula is C33H36N2O6. The predicted molar refractivity (Wildman–Crippen MR) is 159 cm³/mol. The number of hydrogen-bond acceptors (Lipinski definition) is 6. The van der Waals surface area contributed by atoms with E-state index in [-0.39, 0.29) is 35.6 Å². The highest BCUT2D eigenvalue weighted by atomic mass is 16.5. The number of benzene rings is 2. The fourth-order valence-corrected chi connectivity index (χ4v) is 4.11. The van der Waals surface area contributed by atoms with Crippen molar-refractivity contribution in [1.29, 1.82) is 0 Å². The van der Waals surface area contributed by atoms with Crippen LogP contribution in [0.25, 0.3) is 6.08 Å². The Bertz CT molecular complexity index is 1260. The third-order valence-corrected chi connectivity index (χ3v) is 6.18. The second kappa shape index (κ2) is 17.0. The number of nitrogens with zero attached hydrogens (tertiary/aromatic N) is 2. The molecule has 0 bridgehead atoms. The molecule has 1 saturated carbocycles. The zero-order chi connectivity index (χ0) is 30.2. The summed E-state index contributed by atoms with van der Waals surface area (Å²) in [6.45, 7) is 8.59. The Morgan fingerprint density at radius 1 is 0.780 bits per heavy atom. The van der Waals surface area contributed by atoms with Crippen molar-refractivity contribution in [3.63, 3.8) is 0 Å². The molecule has 1 aliphatic carbocycles. The van der Waals surface area contributed by atoms with E-state index >= 15 is 0 Å². The van der Waals surface area contributed by atoms with E-state index in [1.807, 2.05) is 42.5 Å². The average molecular weight is 557 g/mol. The van der Waals surface area contributed by atoms with Crippen LogP contribution in [-0.2, 0) is 28.7 Å². The topological polar surface area (TPSA) is 101 Å². The minimum Gasteiger partial charge on any atom is -0.466 e. The second-order valence-corrected chi connectivity index (χ2v) is 9.24. The first-order chi connectivity index (χ1) is 19.7. The van der Waals surface area contributed by atoms with Gasteiger partial charge in [-0.1, -0.05) is 87.0 Å². The number of anilines is 1. The molecule has 0 atom stereocenters. The summed E-state index contributed by atoms with van der Waals surface area (Å²) in [6, 6.07) is 19.1. The molecule has 0 radical (unpaired) electrons. The van der Waals surface area contributed by atoms with Crippen molar-refractivity contribution in [3.8, 4) is 0 Å². The normalized spacial score (nSPS) is 15.7. The maximum Gasteiger partial charge on any atom is 0.332 e. The Kier molecular flexibility index (Phi) is 13.4. The van der Waals surface area contributed by atoms with Crippen molar-refractivity contribution < 1.29 is 28.7 Å². The van der Waals surface area contributed by atoms with Crippen molar-refractivity contribution in [2.75, 3.05) is 12.0 Å². The van der Waals surface area contributed by atoms with E-state index in [1.165, 1.54) is 48.3 Å². The van der Waals surface area contributed by atoms with Gasteiger partial charge in [-0.3, -0.25) is 24.1 Å². The molecule has 1 fully saturated rings. The van der Waals surface area contributed by atoms with Crippen LogP contribution in [-0.4, -0.2) is 47.6 Å². The number of ether oxygens (including phenoxy) is 1. The maximum atomic E-state index is 11.3. The Morgan fingerprint density at radius 3 is 1.63 bits per heavy atom. The van der Waals surface area contributed by atoms with E-state index in [4.69, 9.17) is 0 Å². The van der Waals surface area contributed by atoms with Crippen molar-refractivity contribution >= 4 is 41.4 Å². The van der Waals surface area contributed by atoms with Gasteiger partial charge in [0.05, 0.1) is 12.8 Å². The minimum absolute atomic E-state index is 0.128. The van der Waals surface area contributed by atoms with Crippen LogP contribution in [0.15, 0.2) is 104 Å². The number of methoxy groups -OCH3 is 1. The lowest BCUT2D eigenvalue weighted by Gasteiger charge is -2.29. The van der Waals surface area contributed by atoms with Crippen molar-refractivity contribution in [3.05, 3.63) is 109 Å². The number of para-hydroxylation sites is 1. The summed E-state index contributed by atoms with van der Waals surface area (Å²) in [7, 11) is 1.33. The van der Waals surface area contributed by atoms with Gasteiger partial charge in [0.1, 0.15) is 0 Å². The average Bonchev–Trinajstić information content (AvgIpc) is 3.53. The number of imide groups is 2. The third kappa shape index (κ3) is 10.3. The number of hydrogen-bond donors (Lipinski definition) is 0. The molecule has 4 amide bonds. The van der Waals surface area contributed by atoms with E-state index in [9.17, 15) is 24.0 Å². The molecular weight excluding hydrogens is 520 g/mol. The number of rotatable bonds is 4. The highest BCUT2D eigenvalue weighted by Crippen LogP contribution is 2.24. The molecule has 0 spiro atoms. The van der Waals surface area contributed by atoms with Crippen LogP contribution in [0.1, 0.15) is 44.6 Å². The Hall–Kier alpha value is -4.85. The highest BCUT2D eigenvalue weighted by molar-refractivity contribution is 6.28. The van der Waals surface area contributed by atoms with Crippen molar-refractivity contribution in [1.82, 2.24) is 4.90 Å². The van der Waals surface area contributed by atoms with Crippen LogP contribution in [0, 0.1) is 0 Å². The Labute approximate surface area is 241 Å². The van der Waals surface area contributed by atoms with Crippen molar-refractivity contribution in [2.24, 2.45) is 0 Å². The molecule has 0 aromatic heterocycles. The SMILES string of the molecule is C=C(C)C(=O)OC.C=Cc1ccccc1.O=C1C=CC(=O)N1C1CCCCC1.O=C1C=CC(=O)N1c1ccccc1. The number of carbonyl (C=O) groups excluding carboxylic acids is 5. The third-order valence-electron chi connectivity index (χ3n) is 6.18. The first-order valence-corrected chi connectivity index (χ1v) is 13.3. The molecule has 214 valence electrons. The van der Waals surface area contributed by atoms with Gasteiger partial charge < -0.3 is 4.74 Å². The first kappa shape index (κ1) is 32.4. The van der Waals surface area contributed by atoms with Crippen molar-refractivity contribution in [2.45, 2.75) is 45.1 Å². The fraction of sp³-hybridized carbons (Fsp3) is 0.242. The molecule has 8 nitrogen and oxygen atoms in total. The largest absolute Gasteiger partial charge is 0.466 e. The van der Waals surface area contributed by atoms with Crippen LogP contribution in [0.2, 0.25) is 0 Å². The van der Waals surface area contributed by atoms with Crippen LogP contribution >= 0.6 is 0 Å². The molecule has 0 saturated heterocycles. The number of esters is 1. The molecule has 8 heteroatoms. The summed E-state index contributed by atoms with van der Waals surface area (Å²) >= 11 is 0. The molecule has 5 rings (SSSR count). The lowest BCUT2D eigenvalue weighted by Crippen LogP contribution is -2.41. The number of amides is 4. The smallest absolute Gasteiger partial charge is 0.332 e. The van der Waals surface area contributed by atoms with E-state index in [0.29, 0.717) is 11.3 Å². The summed E-state index contributed by atoms with van der Waals surface area (Å²) in [5.74, 6) is -1.17. The van der Waals surface area contributed by atoms with E-state index in [2.05, 4.69) is 17.9 Å². The minimum atomic E-state index is -0.347. The lowest BCUT2D eigenvalue weighted by molar-refractivity contribution is -0.140. The standard InChI is InChI=1S/C10H13NO2.C10H7NO2.C8H8.C5H8O2/c2*12-9-6-7-10(13)11(9)8-4-2-1-3-5-8;1-2-8-6-4-3-5-7-8;1-4(2)5(6)7-3/h6-8H,1-5H2;1-7H;2-7H,1H2;1H2,2-3H3. The predicted octanol–water partition coefficient (Wildman–Crippen LogP) is 5.43. The molecule has 2 aromatic carbocycles. The van der Waals surface area contributed by atoms with E-state index < -0.39 is 0 Å². The molecule has 0 unspecified atom stereocenters. The highest BCUT2D eigenvalue weighted by Gasteiger charge is 2.31. The monoisotopic (exact) mass is 556 g/mol. The quantitative estimate of drug-likeness (QED) is 0.283. The van der Waals surface area contributed by atoms with Gasteiger partial charge >= 0.3 is 5.97 Å². The van der Waals surface area contributed by atoms with Crippen LogP contribution in [0.5, 0.6) is 0 Å². The summed E-state index contributed by atoms with van der Waals surface area (Å²) in [4.78, 5) is 57.8. The Balaban J connectivity index is 0.000000199. The summed E-state index contributed by atoms with van der Waals surface area (Å²) < 4.78 is 4.27. The van der Waals surface area contributed by atoms with Gasteiger partial charge in [-0.15, -0.1) is 0 Å². The summed E-state index contributed by atoms with van der Waals surface area (Å²) in [5.41, 5.74) is 2.22. The van der Waals surface area contributed by atoms with E-state index in [0.717, 1.165) is 30.6 Å². The van der Waals surface area contributed by atoms with Gasteiger partial charge in [0.25, 0.3) is 23.6 Å². The summed E-state index contributed by atoms with van der Waals surface area (Å²) in [6.07, 6.45) is 12.6. The van der Waals surface area contributed by atoms with Gasteiger partial charge in [-0.05, 0) is 37.5 Å². The molecule has 2 aliphatic heterocycles. The van der Waals surface area contributed by atoms with Crippen LogP contribution in [0.3, 0.4) is 0 Å². The van der Waals surface area contributed by atoms with Gasteiger partial charge in [0.2, 0.25) is 0 Å². The maximum absolute atomic E-state index is 11.3. The lowest BCUT2D eigenvalue weighted by atomic mass is 9.94. The zero-order valence-corrected chi connectivity index (χ0v) is 23.5. The van der Waals surface area contributed by atoms with Gasteiger partial charge in [0, 0.05) is 35.9 Å². The summed E-state index contributed by atoms with van der Waals surface area (Å²) in [5, 5.41) is 0. The molecule has 2 heterocycles. The van der Waals surface area contributed by atoms with E-state index in [1.54, 1.807) is 31.2 Å². The second-order valence-electron chi connectivity index (χ2n) is 9.24. The Morgan fingerprint density at radius 2 is 1.24 bits per heavy atom. The number of carbonyl (C=O) groups is 5. The zero-order valence-electron chi connectivity index (χ0n) is 23.5. The van der Waals surface area contributed by atoms with Crippen LogP contribution in [0.4, 0.5) is 5.69 Å².